The summed E-state index contributed by atoms with van der Waals surface area (Å²) in [6.45, 7) is 2.51. The van der Waals surface area contributed by atoms with Crippen LogP contribution in [0.3, 0.4) is 0 Å². The van der Waals surface area contributed by atoms with Gasteiger partial charge in [0.15, 0.2) is 5.96 Å². The first-order valence-corrected chi connectivity index (χ1v) is 8.88. The molecule has 5 nitrogen and oxygen atoms in total. The number of rotatable bonds is 8. The maximum atomic E-state index is 6.23. The van der Waals surface area contributed by atoms with Gasteiger partial charge in [-0.3, -0.25) is 4.99 Å². The highest BCUT2D eigenvalue weighted by atomic mass is 35.5. The Kier molecular flexibility index (Phi) is 8.05. The van der Waals surface area contributed by atoms with E-state index in [4.69, 9.17) is 11.6 Å². The molecule has 2 N–H and O–H groups in total. The Labute approximate surface area is 155 Å². The quantitative estimate of drug-likeness (QED) is 0.429. The zero-order chi connectivity index (χ0) is 17.9. The predicted octanol–water partition coefficient (Wildman–Crippen LogP) is 3.63. The molecule has 0 spiro atoms. The van der Waals surface area contributed by atoms with Gasteiger partial charge < -0.3 is 15.5 Å². The van der Waals surface area contributed by atoms with Crippen molar-refractivity contribution >= 4 is 23.4 Å². The topological polar surface area (TPSA) is 52.6 Å². The average Bonchev–Trinajstić information content (AvgIpc) is 2.64. The fourth-order valence-corrected chi connectivity index (χ4v) is 2.67. The molecule has 2 rings (SSSR count). The molecule has 0 saturated heterocycles. The van der Waals surface area contributed by atoms with Crippen LogP contribution in [-0.4, -0.2) is 43.0 Å². The molecule has 0 aliphatic heterocycles. The van der Waals surface area contributed by atoms with Crippen molar-refractivity contribution in [3.8, 4) is 0 Å². The van der Waals surface area contributed by atoms with E-state index >= 15 is 0 Å². The summed E-state index contributed by atoms with van der Waals surface area (Å²) in [5.41, 5.74) is 1.09. The van der Waals surface area contributed by atoms with E-state index < -0.39 is 0 Å². The molecule has 0 atom stereocenters. The lowest BCUT2D eigenvalue weighted by molar-refractivity contribution is 0.475. The molecule has 2 aromatic rings. The van der Waals surface area contributed by atoms with Crippen molar-refractivity contribution in [2.45, 2.75) is 19.4 Å². The van der Waals surface area contributed by atoms with Crippen LogP contribution in [0.25, 0.3) is 0 Å². The Morgan fingerprint density at radius 3 is 2.60 bits per heavy atom. The lowest BCUT2D eigenvalue weighted by atomic mass is 10.2. The van der Waals surface area contributed by atoms with Crippen molar-refractivity contribution in [2.24, 2.45) is 4.99 Å². The number of anilines is 1. The third-order valence-electron chi connectivity index (χ3n) is 3.80. The Hall–Kier alpha value is -2.27. The minimum absolute atomic E-state index is 0.723. The van der Waals surface area contributed by atoms with Crippen LogP contribution in [0.2, 0.25) is 5.02 Å². The first kappa shape index (κ1) is 19.1. The van der Waals surface area contributed by atoms with E-state index in [-0.39, 0.29) is 0 Å². The fourth-order valence-electron chi connectivity index (χ4n) is 2.48. The van der Waals surface area contributed by atoms with Gasteiger partial charge in [0.1, 0.15) is 5.82 Å². The molecular weight excluding hydrogens is 334 g/mol. The second-order valence-corrected chi connectivity index (χ2v) is 6.18. The summed E-state index contributed by atoms with van der Waals surface area (Å²) in [6.07, 6.45) is 3.91. The minimum Gasteiger partial charge on any atom is -0.370 e. The minimum atomic E-state index is 0.723. The van der Waals surface area contributed by atoms with Crippen molar-refractivity contribution in [1.29, 1.82) is 0 Å². The molecule has 0 radical (unpaired) electrons. The van der Waals surface area contributed by atoms with Crippen molar-refractivity contribution in [2.75, 3.05) is 32.5 Å². The second kappa shape index (κ2) is 10.6. The number of aromatic nitrogens is 1. The van der Waals surface area contributed by atoms with Crippen LogP contribution in [0.5, 0.6) is 0 Å². The van der Waals surface area contributed by atoms with E-state index in [1.54, 1.807) is 13.2 Å². The van der Waals surface area contributed by atoms with Gasteiger partial charge in [-0.05, 0) is 36.6 Å². The Bertz CT molecular complexity index is 660. The zero-order valence-corrected chi connectivity index (χ0v) is 15.6. The summed E-state index contributed by atoms with van der Waals surface area (Å²) in [6, 6.07) is 13.8. The third-order valence-corrected chi connectivity index (χ3v) is 4.17. The van der Waals surface area contributed by atoms with Gasteiger partial charge in [-0.1, -0.05) is 35.9 Å². The predicted molar refractivity (Wildman–Crippen MR) is 106 cm³/mol. The van der Waals surface area contributed by atoms with Gasteiger partial charge in [0, 0.05) is 44.9 Å². The van der Waals surface area contributed by atoms with Crippen LogP contribution in [0.15, 0.2) is 53.7 Å². The van der Waals surface area contributed by atoms with E-state index in [2.05, 4.69) is 25.5 Å². The molecule has 0 aliphatic rings. The molecule has 0 aliphatic carbocycles. The van der Waals surface area contributed by atoms with Crippen LogP contribution < -0.4 is 10.6 Å². The first-order valence-electron chi connectivity index (χ1n) is 8.51. The number of pyridine rings is 1. The molecule has 1 aromatic heterocycles. The van der Waals surface area contributed by atoms with Crippen molar-refractivity contribution in [1.82, 2.24) is 15.2 Å². The molecule has 1 aromatic carbocycles. The summed E-state index contributed by atoms with van der Waals surface area (Å²) < 4.78 is 0. The number of nitrogens with zero attached hydrogens (tertiary/aromatic N) is 3. The monoisotopic (exact) mass is 359 g/mol. The normalized spacial score (nSPS) is 11.2. The van der Waals surface area contributed by atoms with E-state index in [9.17, 15) is 0 Å². The standard InChI is InChI=1S/C19H26ClN5/c1-21-19(25(2)15-16-9-3-4-10-17(16)20)24-14-8-7-13-23-18-11-5-6-12-22-18/h3-6,9-12H,7-8,13-15H2,1-2H3,(H,21,24)(H,22,23). The number of nitrogens with one attached hydrogen (secondary N) is 2. The van der Waals surface area contributed by atoms with Gasteiger partial charge in [0.25, 0.3) is 0 Å². The number of hydrogen-bond acceptors (Lipinski definition) is 3. The fraction of sp³-hybridized carbons (Fsp3) is 0.368. The first-order chi connectivity index (χ1) is 12.2. The van der Waals surface area contributed by atoms with Crippen LogP contribution in [0, 0.1) is 0 Å². The molecule has 1 heterocycles. The van der Waals surface area contributed by atoms with Crippen LogP contribution >= 0.6 is 11.6 Å². The van der Waals surface area contributed by atoms with E-state index in [0.717, 1.165) is 54.8 Å². The molecule has 0 unspecified atom stereocenters. The summed E-state index contributed by atoms with van der Waals surface area (Å²) in [4.78, 5) is 10.7. The maximum absolute atomic E-state index is 6.23. The number of unbranched alkanes of at least 4 members (excludes halogenated alkanes) is 1. The molecule has 0 saturated carbocycles. The zero-order valence-electron chi connectivity index (χ0n) is 14.9. The van der Waals surface area contributed by atoms with Gasteiger partial charge in [-0.15, -0.1) is 0 Å². The Morgan fingerprint density at radius 2 is 1.88 bits per heavy atom. The smallest absolute Gasteiger partial charge is 0.193 e. The molecular formula is C19H26ClN5. The van der Waals surface area contributed by atoms with Gasteiger partial charge >= 0.3 is 0 Å². The van der Waals surface area contributed by atoms with Crippen molar-refractivity contribution in [3.05, 3.63) is 59.2 Å². The van der Waals surface area contributed by atoms with Crippen molar-refractivity contribution < 1.29 is 0 Å². The highest BCUT2D eigenvalue weighted by molar-refractivity contribution is 6.31. The summed E-state index contributed by atoms with van der Waals surface area (Å²) >= 11 is 6.23. The van der Waals surface area contributed by atoms with Gasteiger partial charge in [-0.2, -0.15) is 0 Å². The maximum Gasteiger partial charge on any atom is 0.193 e. The van der Waals surface area contributed by atoms with E-state index in [1.807, 2.05) is 49.5 Å². The third kappa shape index (κ3) is 6.63. The SMILES string of the molecule is CN=C(NCCCCNc1ccccn1)N(C)Cc1ccccc1Cl. The van der Waals surface area contributed by atoms with E-state index in [1.165, 1.54) is 0 Å². The Balaban J connectivity index is 1.67. The molecule has 0 amide bonds. The van der Waals surface area contributed by atoms with Crippen molar-refractivity contribution in [3.63, 3.8) is 0 Å². The molecule has 0 fully saturated rings. The summed E-state index contributed by atoms with van der Waals surface area (Å²) in [5.74, 6) is 1.79. The van der Waals surface area contributed by atoms with Gasteiger partial charge in [0.2, 0.25) is 0 Å². The largest absolute Gasteiger partial charge is 0.370 e. The highest BCUT2D eigenvalue weighted by Crippen LogP contribution is 2.16. The molecule has 6 heteroatoms. The summed E-state index contributed by atoms with van der Waals surface area (Å²) in [7, 11) is 3.81. The van der Waals surface area contributed by atoms with Gasteiger partial charge in [0.05, 0.1) is 0 Å². The number of hydrogen-bond donors (Lipinski definition) is 2. The van der Waals surface area contributed by atoms with Crippen LogP contribution in [-0.2, 0) is 6.54 Å². The molecule has 25 heavy (non-hydrogen) atoms. The highest BCUT2D eigenvalue weighted by Gasteiger charge is 2.08. The molecule has 0 bridgehead atoms. The summed E-state index contributed by atoms with van der Waals surface area (Å²) in [5, 5.41) is 7.49. The lowest BCUT2D eigenvalue weighted by Gasteiger charge is -2.22. The average molecular weight is 360 g/mol. The Morgan fingerprint density at radius 1 is 1.12 bits per heavy atom. The van der Waals surface area contributed by atoms with Crippen LogP contribution in [0.4, 0.5) is 5.82 Å². The van der Waals surface area contributed by atoms with E-state index in [0.29, 0.717) is 0 Å². The van der Waals surface area contributed by atoms with Gasteiger partial charge in [-0.25, -0.2) is 4.98 Å². The number of guanidine groups is 1. The number of aliphatic imine (C=N–C) groups is 1. The van der Waals surface area contributed by atoms with Crippen LogP contribution in [0.1, 0.15) is 18.4 Å². The lowest BCUT2D eigenvalue weighted by Crippen LogP contribution is -2.39. The molecule has 134 valence electrons. The number of halogens is 1. The second-order valence-electron chi connectivity index (χ2n) is 5.77. The number of benzene rings is 1.